The molecule has 14 heavy (non-hydrogen) atoms. The highest BCUT2D eigenvalue weighted by Gasteiger charge is 2.30. The molecule has 1 rings (SSSR count). The number of nitrogens with one attached hydrogen (secondary N) is 1. The second kappa shape index (κ2) is 5.97. The fourth-order valence-corrected chi connectivity index (χ4v) is 2.48. The quantitative estimate of drug-likeness (QED) is 0.695. The zero-order valence-electron chi connectivity index (χ0n) is 9.61. The molecule has 1 aliphatic rings. The third kappa shape index (κ3) is 3.43. The Kier molecular flexibility index (Phi) is 5.25. The lowest BCUT2D eigenvalue weighted by atomic mass is 9.83. The monoisotopic (exact) mass is 217 g/mol. The van der Waals surface area contributed by atoms with Gasteiger partial charge in [-0.1, -0.05) is 39.5 Å². The summed E-state index contributed by atoms with van der Waals surface area (Å²) >= 11 is 6.10. The van der Waals surface area contributed by atoms with Crippen LogP contribution in [0.2, 0.25) is 0 Å². The maximum Gasteiger partial charge on any atom is 0.0406 e. The number of hydrogen-bond donors (Lipinski definition) is 1. The smallest absolute Gasteiger partial charge is 0.0406 e. The van der Waals surface area contributed by atoms with Crippen LogP contribution in [0.25, 0.3) is 0 Å². The first kappa shape index (κ1) is 12.3. The van der Waals surface area contributed by atoms with E-state index < -0.39 is 0 Å². The van der Waals surface area contributed by atoms with E-state index in [4.69, 9.17) is 11.6 Å². The van der Waals surface area contributed by atoms with Crippen LogP contribution in [0.1, 0.15) is 52.4 Å². The van der Waals surface area contributed by atoms with Gasteiger partial charge in [0.05, 0.1) is 0 Å². The summed E-state index contributed by atoms with van der Waals surface area (Å²) in [6.45, 7) is 5.68. The van der Waals surface area contributed by atoms with E-state index in [2.05, 4.69) is 19.2 Å². The summed E-state index contributed by atoms with van der Waals surface area (Å²) in [6, 6.07) is 0. The molecule has 1 saturated carbocycles. The molecule has 1 fully saturated rings. The van der Waals surface area contributed by atoms with E-state index in [1.54, 1.807) is 0 Å². The van der Waals surface area contributed by atoms with Crippen molar-refractivity contribution in [3.05, 3.63) is 0 Å². The molecule has 0 aromatic carbocycles. The lowest BCUT2D eigenvalue weighted by Gasteiger charge is -2.37. The Morgan fingerprint density at radius 2 is 1.93 bits per heavy atom. The van der Waals surface area contributed by atoms with E-state index in [0.29, 0.717) is 0 Å². The molecule has 0 bridgehead atoms. The number of rotatable bonds is 5. The maximum atomic E-state index is 6.10. The van der Waals surface area contributed by atoms with E-state index in [1.165, 1.54) is 38.5 Å². The van der Waals surface area contributed by atoms with Crippen LogP contribution in [-0.2, 0) is 0 Å². The van der Waals surface area contributed by atoms with Gasteiger partial charge in [-0.3, -0.25) is 0 Å². The largest absolute Gasteiger partial charge is 0.310 e. The number of hydrogen-bond acceptors (Lipinski definition) is 1. The molecular weight excluding hydrogens is 194 g/mol. The SMILES string of the molecule is CCC(C)CNC1(CCl)CCCCC1. The fourth-order valence-electron chi connectivity index (χ4n) is 2.12. The first-order chi connectivity index (χ1) is 6.72. The molecule has 1 aliphatic carbocycles. The molecule has 0 aromatic heterocycles. The topological polar surface area (TPSA) is 12.0 Å². The standard InChI is InChI=1S/C12H24ClN/c1-3-11(2)9-14-12(10-13)7-5-4-6-8-12/h11,14H,3-10H2,1-2H3. The van der Waals surface area contributed by atoms with Crippen LogP contribution in [0.3, 0.4) is 0 Å². The van der Waals surface area contributed by atoms with Gasteiger partial charge < -0.3 is 5.32 Å². The Morgan fingerprint density at radius 3 is 2.43 bits per heavy atom. The Hall–Kier alpha value is 0.250. The van der Waals surface area contributed by atoms with E-state index in [-0.39, 0.29) is 5.54 Å². The third-order valence-electron chi connectivity index (χ3n) is 3.59. The first-order valence-electron chi connectivity index (χ1n) is 6.03. The number of alkyl halides is 1. The van der Waals surface area contributed by atoms with Gasteiger partial charge in [-0.2, -0.15) is 0 Å². The second-order valence-electron chi connectivity index (χ2n) is 4.87. The molecular formula is C12H24ClN. The highest BCUT2D eigenvalue weighted by atomic mass is 35.5. The molecule has 0 aromatic rings. The lowest BCUT2D eigenvalue weighted by Crippen LogP contribution is -2.49. The summed E-state index contributed by atoms with van der Waals surface area (Å²) in [4.78, 5) is 0. The van der Waals surface area contributed by atoms with Crippen molar-refractivity contribution in [1.29, 1.82) is 0 Å². The van der Waals surface area contributed by atoms with Crippen molar-refractivity contribution in [2.75, 3.05) is 12.4 Å². The predicted molar refractivity (Wildman–Crippen MR) is 64.0 cm³/mol. The Labute approximate surface area is 93.6 Å². The molecule has 0 heterocycles. The van der Waals surface area contributed by atoms with Gasteiger partial charge in [0, 0.05) is 11.4 Å². The van der Waals surface area contributed by atoms with Crippen molar-refractivity contribution in [3.63, 3.8) is 0 Å². The van der Waals surface area contributed by atoms with Crippen molar-refractivity contribution < 1.29 is 0 Å². The van der Waals surface area contributed by atoms with Gasteiger partial charge in [-0.05, 0) is 25.3 Å². The fraction of sp³-hybridized carbons (Fsp3) is 1.00. The zero-order valence-corrected chi connectivity index (χ0v) is 10.4. The lowest BCUT2D eigenvalue weighted by molar-refractivity contribution is 0.245. The molecule has 1 unspecified atom stereocenters. The molecule has 1 N–H and O–H groups in total. The first-order valence-corrected chi connectivity index (χ1v) is 6.57. The summed E-state index contributed by atoms with van der Waals surface area (Å²) in [6.07, 6.45) is 7.88. The third-order valence-corrected chi connectivity index (χ3v) is 4.10. The highest BCUT2D eigenvalue weighted by Crippen LogP contribution is 2.29. The van der Waals surface area contributed by atoms with Gasteiger partial charge in [-0.15, -0.1) is 11.6 Å². The normalized spacial score (nSPS) is 23.4. The maximum absolute atomic E-state index is 6.10. The zero-order chi connectivity index (χ0) is 10.4. The minimum Gasteiger partial charge on any atom is -0.310 e. The van der Waals surface area contributed by atoms with E-state index in [1.807, 2.05) is 0 Å². The minimum absolute atomic E-state index is 0.267. The van der Waals surface area contributed by atoms with Gasteiger partial charge in [0.25, 0.3) is 0 Å². The molecule has 0 spiro atoms. The molecule has 2 heteroatoms. The van der Waals surface area contributed by atoms with Gasteiger partial charge in [0.2, 0.25) is 0 Å². The summed E-state index contributed by atoms with van der Waals surface area (Å²) in [5, 5.41) is 3.70. The highest BCUT2D eigenvalue weighted by molar-refractivity contribution is 6.18. The van der Waals surface area contributed by atoms with Crippen molar-refractivity contribution in [2.24, 2.45) is 5.92 Å². The molecule has 0 amide bonds. The van der Waals surface area contributed by atoms with Crippen molar-refractivity contribution in [1.82, 2.24) is 5.32 Å². The van der Waals surface area contributed by atoms with Crippen LogP contribution in [-0.4, -0.2) is 18.0 Å². The summed E-state index contributed by atoms with van der Waals surface area (Å²) in [7, 11) is 0. The van der Waals surface area contributed by atoms with Crippen LogP contribution in [0.5, 0.6) is 0 Å². The van der Waals surface area contributed by atoms with E-state index in [9.17, 15) is 0 Å². The molecule has 0 radical (unpaired) electrons. The van der Waals surface area contributed by atoms with Crippen molar-refractivity contribution >= 4 is 11.6 Å². The van der Waals surface area contributed by atoms with Crippen LogP contribution in [0.4, 0.5) is 0 Å². The molecule has 0 aliphatic heterocycles. The van der Waals surface area contributed by atoms with Crippen molar-refractivity contribution in [3.8, 4) is 0 Å². The predicted octanol–water partition coefficient (Wildman–Crippen LogP) is 3.56. The van der Waals surface area contributed by atoms with E-state index >= 15 is 0 Å². The van der Waals surface area contributed by atoms with Crippen LogP contribution >= 0.6 is 11.6 Å². The summed E-state index contributed by atoms with van der Waals surface area (Å²) in [5.74, 6) is 1.56. The van der Waals surface area contributed by atoms with Gasteiger partial charge in [-0.25, -0.2) is 0 Å². The Bertz CT molecular complexity index is 152. The van der Waals surface area contributed by atoms with E-state index in [0.717, 1.165) is 18.3 Å². The Balaban J connectivity index is 2.36. The van der Waals surface area contributed by atoms with Crippen LogP contribution < -0.4 is 5.32 Å². The molecule has 1 nitrogen and oxygen atoms in total. The Morgan fingerprint density at radius 1 is 1.29 bits per heavy atom. The van der Waals surface area contributed by atoms with Gasteiger partial charge >= 0.3 is 0 Å². The molecule has 0 saturated heterocycles. The second-order valence-corrected chi connectivity index (χ2v) is 5.14. The van der Waals surface area contributed by atoms with Gasteiger partial charge in [0.15, 0.2) is 0 Å². The average molecular weight is 218 g/mol. The minimum atomic E-state index is 0.267. The van der Waals surface area contributed by atoms with Crippen molar-refractivity contribution in [2.45, 2.75) is 57.9 Å². The summed E-state index contributed by atoms with van der Waals surface area (Å²) < 4.78 is 0. The molecule has 1 atom stereocenters. The van der Waals surface area contributed by atoms with Crippen LogP contribution in [0, 0.1) is 5.92 Å². The molecule has 84 valence electrons. The number of halogens is 1. The average Bonchev–Trinajstić information content (AvgIpc) is 2.27. The van der Waals surface area contributed by atoms with Crippen LogP contribution in [0.15, 0.2) is 0 Å². The summed E-state index contributed by atoms with van der Waals surface area (Å²) in [5.41, 5.74) is 0.267. The van der Waals surface area contributed by atoms with Gasteiger partial charge in [0.1, 0.15) is 0 Å².